The van der Waals surface area contributed by atoms with Crippen LogP contribution in [0.15, 0.2) is 34.9 Å². The number of carbonyl (C=O) groups excluding carboxylic acids is 2. The van der Waals surface area contributed by atoms with Gasteiger partial charge in [-0.15, -0.1) is 0 Å². The first kappa shape index (κ1) is 19.8. The van der Waals surface area contributed by atoms with Crippen molar-refractivity contribution in [1.82, 2.24) is 14.8 Å². The Morgan fingerprint density at radius 3 is 2.62 bits per heavy atom. The zero-order valence-corrected chi connectivity index (χ0v) is 17.6. The summed E-state index contributed by atoms with van der Waals surface area (Å²) in [4.78, 5) is 28.7. The fourth-order valence-corrected chi connectivity index (χ4v) is 4.56. The molecule has 2 amide bonds. The van der Waals surface area contributed by atoms with Crippen LogP contribution in [0.25, 0.3) is 11.5 Å². The molecule has 0 bridgehead atoms. The zero-order valence-electron chi connectivity index (χ0n) is 17.6. The molecule has 1 fully saturated rings. The monoisotopic (exact) mass is 397 g/mol. The standard InChI is InChI=1S/C23H31N3O3/c1-16(2)12-13-26-21(27)19-11-10-18(20-9-6-14-29-20)25(19)15-23(26,3)22(28)24-17-7-4-5-8-17/h6,9-11,14,16-17H,4-5,7-8,12-13,15H2,1-3H3,(H,24,28)/t23-/m0/s1. The quantitative estimate of drug-likeness (QED) is 0.799. The minimum atomic E-state index is -0.929. The van der Waals surface area contributed by atoms with E-state index in [0.717, 1.165) is 37.8 Å². The van der Waals surface area contributed by atoms with Gasteiger partial charge in [0.15, 0.2) is 0 Å². The number of nitrogens with zero attached hydrogens (tertiary/aromatic N) is 2. The van der Waals surface area contributed by atoms with E-state index in [1.807, 2.05) is 35.8 Å². The maximum Gasteiger partial charge on any atom is 0.271 e. The molecule has 1 atom stereocenters. The van der Waals surface area contributed by atoms with Crippen LogP contribution in [-0.4, -0.2) is 39.4 Å². The number of amides is 2. The van der Waals surface area contributed by atoms with Gasteiger partial charge >= 0.3 is 0 Å². The summed E-state index contributed by atoms with van der Waals surface area (Å²) >= 11 is 0. The molecule has 1 N–H and O–H groups in total. The van der Waals surface area contributed by atoms with Gasteiger partial charge in [0.05, 0.1) is 18.5 Å². The van der Waals surface area contributed by atoms with Crippen molar-refractivity contribution >= 4 is 11.8 Å². The lowest BCUT2D eigenvalue weighted by atomic mass is 9.93. The van der Waals surface area contributed by atoms with Crippen LogP contribution in [0.3, 0.4) is 0 Å². The van der Waals surface area contributed by atoms with Crippen LogP contribution in [0.4, 0.5) is 0 Å². The van der Waals surface area contributed by atoms with E-state index in [4.69, 9.17) is 4.42 Å². The molecule has 1 aliphatic carbocycles. The Bertz CT molecular complexity index is 877. The van der Waals surface area contributed by atoms with Crippen LogP contribution in [-0.2, 0) is 11.3 Å². The normalized spacial score (nSPS) is 22.3. The van der Waals surface area contributed by atoms with Crippen LogP contribution in [0.2, 0.25) is 0 Å². The molecule has 0 spiro atoms. The summed E-state index contributed by atoms with van der Waals surface area (Å²) in [6.45, 7) is 7.19. The van der Waals surface area contributed by atoms with Crippen LogP contribution in [0.5, 0.6) is 0 Å². The van der Waals surface area contributed by atoms with E-state index >= 15 is 0 Å². The fraction of sp³-hybridized carbons (Fsp3) is 0.565. The summed E-state index contributed by atoms with van der Waals surface area (Å²) in [5.41, 5.74) is 0.523. The molecule has 6 heteroatoms. The maximum atomic E-state index is 13.5. The van der Waals surface area contributed by atoms with Gasteiger partial charge in [-0.25, -0.2) is 0 Å². The highest BCUT2D eigenvalue weighted by Crippen LogP contribution is 2.34. The second-order valence-electron chi connectivity index (χ2n) is 9.04. The summed E-state index contributed by atoms with van der Waals surface area (Å²) in [6.07, 6.45) is 6.84. The van der Waals surface area contributed by atoms with Crippen LogP contribution >= 0.6 is 0 Å². The van der Waals surface area contributed by atoms with E-state index in [1.54, 1.807) is 11.2 Å². The van der Waals surface area contributed by atoms with Gasteiger partial charge in [-0.2, -0.15) is 0 Å². The molecular formula is C23H31N3O3. The Labute approximate surface area is 172 Å². The molecule has 29 heavy (non-hydrogen) atoms. The van der Waals surface area contributed by atoms with Crippen molar-refractivity contribution in [1.29, 1.82) is 0 Å². The molecule has 1 aliphatic heterocycles. The molecule has 0 aromatic carbocycles. The van der Waals surface area contributed by atoms with Gasteiger partial charge in [-0.05, 0) is 56.4 Å². The Morgan fingerprint density at radius 1 is 1.24 bits per heavy atom. The predicted octanol–water partition coefficient (Wildman–Crippen LogP) is 4.07. The maximum absolute atomic E-state index is 13.5. The number of carbonyl (C=O) groups is 2. The highest BCUT2D eigenvalue weighted by molar-refractivity contribution is 6.00. The fourth-order valence-electron chi connectivity index (χ4n) is 4.56. The number of nitrogens with one attached hydrogen (secondary N) is 1. The number of fused-ring (bicyclic) bond motifs is 1. The molecule has 4 rings (SSSR count). The van der Waals surface area contributed by atoms with E-state index in [1.165, 1.54) is 0 Å². The SMILES string of the molecule is CC(C)CCN1C(=O)c2ccc(-c3ccco3)n2C[C@@]1(C)C(=O)NC1CCCC1. The van der Waals surface area contributed by atoms with E-state index in [2.05, 4.69) is 19.2 Å². The number of rotatable bonds is 6. The van der Waals surface area contributed by atoms with Crippen molar-refractivity contribution < 1.29 is 14.0 Å². The average molecular weight is 398 g/mol. The van der Waals surface area contributed by atoms with Crippen molar-refractivity contribution in [3.05, 3.63) is 36.2 Å². The number of hydrogen-bond donors (Lipinski definition) is 1. The second-order valence-corrected chi connectivity index (χ2v) is 9.04. The lowest BCUT2D eigenvalue weighted by Gasteiger charge is -2.45. The summed E-state index contributed by atoms with van der Waals surface area (Å²) in [6, 6.07) is 7.69. The molecule has 3 heterocycles. The molecular weight excluding hydrogens is 366 g/mol. The molecule has 0 saturated heterocycles. The Kier molecular flexibility index (Phi) is 5.28. The third-order valence-electron chi connectivity index (χ3n) is 6.39. The number of hydrogen-bond acceptors (Lipinski definition) is 3. The third kappa shape index (κ3) is 3.61. The molecule has 1 saturated carbocycles. The summed E-state index contributed by atoms with van der Waals surface area (Å²) in [5, 5.41) is 3.23. The molecule has 6 nitrogen and oxygen atoms in total. The van der Waals surface area contributed by atoms with E-state index in [0.29, 0.717) is 30.5 Å². The predicted molar refractivity (Wildman–Crippen MR) is 111 cm³/mol. The average Bonchev–Trinajstić information content (AvgIpc) is 3.42. The molecule has 156 valence electrons. The molecule has 2 aliphatic rings. The first-order valence-electron chi connectivity index (χ1n) is 10.8. The highest BCUT2D eigenvalue weighted by atomic mass is 16.3. The van der Waals surface area contributed by atoms with Crippen molar-refractivity contribution in [2.75, 3.05) is 6.54 Å². The summed E-state index contributed by atoms with van der Waals surface area (Å²) in [7, 11) is 0. The Balaban J connectivity index is 1.70. The lowest BCUT2D eigenvalue weighted by Crippen LogP contribution is -2.65. The largest absolute Gasteiger partial charge is 0.463 e. The van der Waals surface area contributed by atoms with Crippen molar-refractivity contribution in [3.63, 3.8) is 0 Å². The highest BCUT2D eigenvalue weighted by Gasteiger charge is 2.48. The second kappa shape index (κ2) is 7.73. The number of furan rings is 1. The van der Waals surface area contributed by atoms with Gasteiger partial charge in [0.25, 0.3) is 5.91 Å². The van der Waals surface area contributed by atoms with Crippen LogP contribution < -0.4 is 5.32 Å². The van der Waals surface area contributed by atoms with Crippen LogP contribution in [0, 0.1) is 5.92 Å². The molecule has 2 aromatic rings. The molecule has 0 unspecified atom stereocenters. The summed E-state index contributed by atoms with van der Waals surface area (Å²) < 4.78 is 7.52. The minimum Gasteiger partial charge on any atom is -0.463 e. The summed E-state index contributed by atoms with van der Waals surface area (Å²) in [5.74, 6) is 1.03. The molecule has 2 aromatic heterocycles. The van der Waals surface area contributed by atoms with Crippen molar-refractivity contribution in [2.24, 2.45) is 5.92 Å². The van der Waals surface area contributed by atoms with Gasteiger partial charge in [-0.1, -0.05) is 26.7 Å². The zero-order chi connectivity index (χ0) is 20.6. The van der Waals surface area contributed by atoms with Gasteiger partial charge in [0, 0.05) is 12.6 Å². The van der Waals surface area contributed by atoms with E-state index in [9.17, 15) is 9.59 Å². The van der Waals surface area contributed by atoms with E-state index in [-0.39, 0.29) is 17.9 Å². The first-order chi connectivity index (χ1) is 13.9. The van der Waals surface area contributed by atoms with Gasteiger partial charge in [0.1, 0.15) is 17.0 Å². The third-order valence-corrected chi connectivity index (χ3v) is 6.39. The first-order valence-corrected chi connectivity index (χ1v) is 10.8. The van der Waals surface area contributed by atoms with Gasteiger partial charge in [-0.3, -0.25) is 9.59 Å². The van der Waals surface area contributed by atoms with Crippen LogP contribution in [0.1, 0.15) is 63.4 Å². The van der Waals surface area contributed by atoms with Crippen molar-refractivity contribution in [2.45, 2.75) is 71.0 Å². The van der Waals surface area contributed by atoms with Gasteiger partial charge in [0.2, 0.25) is 5.91 Å². The minimum absolute atomic E-state index is 0.0498. The van der Waals surface area contributed by atoms with Crippen molar-refractivity contribution in [3.8, 4) is 11.5 Å². The smallest absolute Gasteiger partial charge is 0.271 e. The molecule has 0 radical (unpaired) electrons. The Morgan fingerprint density at radius 2 is 1.97 bits per heavy atom. The number of aromatic nitrogens is 1. The van der Waals surface area contributed by atoms with E-state index < -0.39 is 5.54 Å². The topological polar surface area (TPSA) is 67.5 Å². The Hall–Kier alpha value is -2.50. The van der Waals surface area contributed by atoms with Gasteiger partial charge < -0.3 is 19.2 Å². The lowest BCUT2D eigenvalue weighted by molar-refractivity contribution is -0.133.